The third-order valence-electron chi connectivity index (χ3n) is 5.42. The molecule has 38 heavy (non-hydrogen) atoms. The molecule has 0 radical (unpaired) electrons. The van der Waals surface area contributed by atoms with Gasteiger partial charge in [0.1, 0.15) is 35.0 Å². The first-order valence-electron chi connectivity index (χ1n) is 12.0. The van der Waals surface area contributed by atoms with Gasteiger partial charge in [0.25, 0.3) is 0 Å². The van der Waals surface area contributed by atoms with Gasteiger partial charge in [0.05, 0.1) is 32.5 Å². The molecule has 0 aliphatic rings. The summed E-state index contributed by atoms with van der Waals surface area (Å²) < 4.78 is 38.2. The lowest BCUT2D eigenvalue weighted by atomic mass is 10.2. The first-order chi connectivity index (χ1) is 17.7. The van der Waals surface area contributed by atoms with Crippen molar-refractivity contribution < 1.29 is 22.7 Å². The number of alkyl carbamates (subject to hydrolysis) is 1. The van der Waals surface area contributed by atoms with Crippen molar-refractivity contribution in [2.45, 2.75) is 56.8 Å². The van der Waals surface area contributed by atoms with Gasteiger partial charge >= 0.3 is 6.09 Å². The third kappa shape index (κ3) is 6.13. The van der Waals surface area contributed by atoms with Crippen LogP contribution in [0.4, 0.5) is 16.3 Å². The van der Waals surface area contributed by atoms with Crippen LogP contribution < -0.4 is 15.4 Å². The molecule has 1 amide bonds. The second-order valence-corrected chi connectivity index (χ2v) is 14.1. The van der Waals surface area contributed by atoms with E-state index in [1.807, 2.05) is 18.2 Å². The number of amides is 1. The summed E-state index contributed by atoms with van der Waals surface area (Å²) in [4.78, 5) is 25.0. The summed E-state index contributed by atoms with van der Waals surface area (Å²) >= 11 is 1.55. The van der Waals surface area contributed by atoms with E-state index >= 15 is 0 Å². The number of nitrogens with one attached hydrogen (secondary N) is 2. The van der Waals surface area contributed by atoms with Crippen molar-refractivity contribution in [3.8, 4) is 5.75 Å². The Labute approximate surface area is 225 Å². The maximum Gasteiger partial charge on any atom is 0.407 e. The van der Waals surface area contributed by atoms with E-state index in [-0.39, 0.29) is 23.8 Å². The Hall–Kier alpha value is -3.51. The molecule has 2 heterocycles. The highest BCUT2D eigenvalue weighted by atomic mass is 32.2. The second kappa shape index (κ2) is 10.3. The molecule has 2 aromatic carbocycles. The molecule has 2 aromatic heterocycles. The predicted molar refractivity (Wildman–Crippen MR) is 149 cm³/mol. The number of fused-ring (bicyclic) bond motifs is 2. The summed E-state index contributed by atoms with van der Waals surface area (Å²) in [6.45, 7) is 10.3. The van der Waals surface area contributed by atoms with Gasteiger partial charge in [-0.2, -0.15) is 0 Å². The molecule has 10 nitrogen and oxygen atoms in total. The number of carbonyl (C=O) groups is 1. The molecule has 0 bridgehead atoms. The Morgan fingerprint density at radius 3 is 2.47 bits per heavy atom. The Morgan fingerprint density at radius 2 is 1.76 bits per heavy atom. The molecule has 0 saturated heterocycles. The zero-order valence-corrected chi connectivity index (χ0v) is 23.8. The summed E-state index contributed by atoms with van der Waals surface area (Å²) in [5.41, 5.74) is 3.26. The minimum atomic E-state index is -3.82. The van der Waals surface area contributed by atoms with Gasteiger partial charge in [-0.25, -0.2) is 28.2 Å². The van der Waals surface area contributed by atoms with Crippen molar-refractivity contribution in [3.63, 3.8) is 0 Å². The number of nitrogens with zero attached hydrogens (tertiary/aromatic N) is 3. The van der Waals surface area contributed by atoms with E-state index in [1.165, 1.54) is 12.4 Å². The van der Waals surface area contributed by atoms with Crippen molar-refractivity contribution in [2.75, 3.05) is 18.5 Å². The Balaban J connectivity index is 1.66. The molecule has 0 aliphatic heterocycles. The van der Waals surface area contributed by atoms with E-state index in [9.17, 15) is 13.2 Å². The quantitative estimate of drug-likeness (QED) is 0.284. The molecule has 4 rings (SSSR count). The van der Waals surface area contributed by atoms with Crippen LogP contribution in [0.2, 0.25) is 0 Å². The SMILES string of the molecule is CC(C)(C)OC(=O)NCCOc1cc2ncnc(Nc3ccc4scnc4c3)c2cc1S(=O)(=O)C(C)(C)C. The van der Waals surface area contributed by atoms with Gasteiger partial charge in [-0.3, -0.25) is 0 Å². The Kier molecular flexibility index (Phi) is 7.48. The smallest absolute Gasteiger partial charge is 0.407 e. The molecule has 4 aromatic rings. The predicted octanol–water partition coefficient (Wildman–Crippen LogP) is 5.46. The van der Waals surface area contributed by atoms with Gasteiger partial charge in [0.2, 0.25) is 0 Å². The second-order valence-electron chi connectivity index (χ2n) is 10.6. The van der Waals surface area contributed by atoms with Crippen molar-refractivity contribution in [1.29, 1.82) is 0 Å². The summed E-state index contributed by atoms with van der Waals surface area (Å²) in [6.07, 6.45) is 0.819. The lowest BCUT2D eigenvalue weighted by Gasteiger charge is -2.22. The van der Waals surface area contributed by atoms with E-state index in [0.717, 1.165) is 15.9 Å². The van der Waals surface area contributed by atoms with Crippen molar-refractivity contribution in [3.05, 3.63) is 42.2 Å². The topological polar surface area (TPSA) is 132 Å². The molecular weight excluding hydrogens is 526 g/mol. The number of sulfone groups is 1. The maximum atomic E-state index is 13.6. The molecule has 0 atom stereocenters. The molecule has 0 saturated carbocycles. The van der Waals surface area contributed by atoms with Crippen LogP contribution in [0.25, 0.3) is 21.1 Å². The Bertz CT molecular complexity index is 1590. The van der Waals surface area contributed by atoms with Crippen LogP contribution in [0.3, 0.4) is 0 Å². The number of thiazole rings is 1. The number of hydrogen-bond donors (Lipinski definition) is 2. The summed E-state index contributed by atoms with van der Waals surface area (Å²) in [5.74, 6) is 0.597. The number of rotatable bonds is 7. The maximum absolute atomic E-state index is 13.6. The number of benzene rings is 2. The van der Waals surface area contributed by atoms with Crippen LogP contribution in [0.1, 0.15) is 41.5 Å². The van der Waals surface area contributed by atoms with E-state index in [0.29, 0.717) is 16.7 Å². The Morgan fingerprint density at radius 1 is 1.00 bits per heavy atom. The van der Waals surface area contributed by atoms with E-state index in [4.69, 9.17) is 9.47 Å². The number of aromatic nitrogens is 3. The minimum absolute atomic E-state index is 0.0163. The highest BCUT2D eigenvalue weighted by Gasteiger charge is 2.34. The monoisotopic (exact) mass is 557 g/mol. The van der Waals surface area contributed by atoms with Crippen LogP contribution in [0, 0.1) is 0 Å². The molecule has 0 fully saturated rings. The van der Waals surface area contributed by atoms with Gasteiger partial charge in [0.15, 0.2) is 9.84 Å². The highest BCUT2D eigenvalue weighted by Crippen LogP contribution is 2.37. The standard InChI is InChI=1S/C26H31N5O5S2/c1-25(2,3)36-24(32)27-9-10-35-20-13-18-17(12-22(20)38(33,34)26(4,5)6)23(29-14-28-18)31-16-7-8-21-19(11-16)30-15-37-21/h7-8,11-15H,9-10H2,1-6H3,(H,27,32)(H,28,29,31). The highest BCUT2D eigenvalue weighted by molar-refractivity contribution is 7.92. The van der Waals surface area contributed by atoms with Crippen LogP contribution >= 0.6 is 11.3 Å². The summed E-state index contributed by atoms with van der Waals surface area (Å²) in [5, 5.41) is 6.39. The normalized spacial score (nSPS) is 12.5. The number of carbonyl (C=O) groups excluding carboxylic acids is 1. The molecule has 2 N–H and O–H groups in total. The van der Waals surface area contributed by atoms with Crippen LogP contribution in [0.15, 0.2) is 47.1 Å². The molecule has 0 aliphatic carbocycles. The third-order valence-corrected chi connectivity index (χ3v) is 8.74. The fourth-order valence-corrected chi connectivity index (χ4v) is 5.49. The average molecular weight is 558 g/mol. The molecule has 0 unspecified atom stereocenters. The van der Waals surface area contributed by atoms with Gasteiger partial charge < -0.3 is 20.1 Å². The van der Waals surface area contributed by atoms with Crippen LogP contribution in [-0.2, 0) is 14.6 Å². The minimum Gasteiger partial charge on any atom is -0.490 e. The lowest BCUT2D eigenvalue weighted by molar-refractivity contribution is 0.0520. The first kappa shape index (κ1) is 27.5. The van der Waals surface area contributed by atoms with Gasteiger partial charge in [-0.15, -0.1) is 11.3 Å². The van der Waals surface area contributed by atoms with Gasteiger partial charge in [-0.05, 0) is 65.8 Å². The van der Waals surface area contributed by atoms with Crippen LogP contribution in [-0.4, -0.2) is 53.0 Å². The molecular formula is C26H31N5O5S2. The van der Waals surface area contributed by atoms with Crippen molar-refractivity contribution in [1.82, 2.24) is 20.3 Å². The summed E-state index contributed by atoms with van der Waals surface area (Å²) in [6, 6.07) is 8.90. The molecule has 0 spiro atoms. The van der Waals surface area contributed by atoms with Crippen molar-refractivity contribution >= 4 is 59.9 Å². The van der Waals surface area contributed by atoms with E-state index < -0.39 is 26.3 Å². The van der Waals surface area contributed by atoms with Crippen molar-refractivity contribution in [2.24, 2.45) is 0 Å². The fourth-order valence-electron chi connectivity index (χ4n) is 3.52. The summed E-state index contributed by atoms with van der Waals surface area (Å²) in [7, 11) is -3.82. The zero-order valence-electron chi connectivity index (χ0n) is 22.2. The molecule has 12 heteroatoms. The van der Waals surface area contributed by atoms with E-state index in [2.05, 4.69) is 25.6 Å². The fraction of sp³-hybridized carbons (Fsp3) is 0.385. The van der Waals surface area contributed by atoms with Crippen LogP contribution in [0.5, 0.6) is 5.75 Å². The first-order valence-corrected chi connectivity index (χ1v) is 14.3. The van der Waals surface area contributed by atoms with Gasteiger partial charge in [-0.1, -0.05) is 0 Å². The lowest BCUT2D eigenvalue weighted by Crippen LogP contribution is -2.34. The number of anilines is 2. The molecule has 202 valence electrons. The average Bonchev–Trinajstić information content (AvgIpc) is 3.27. The van der Waals surface area contributed by atoms with Gasteiger partial charge in [0, 0.05) is 17.1 Å². The van der Waals surface area contributed by atoms with E-state index in [1.54, 1.807) is 64.5 Å². The number of hydrogen-bond acceptors (Lipinski definition) is 10. The zero-order chi connectivity index (χ0) is 27.7. The number of ether oxygens (including phenoxy) is 2. The largest absolute Gasteiger partial charge is 0.490 e.